The van der Waals surface area contributed by atoms with Gasteiger partial charge >= 0.3 is 0 Å². The molecule has 100 valence electrons. The minimum atomic E-state index is -0.754. The number of hydrogen-bond acceptors (Lipinski definition) is 4. The summed E-state index contributed by atoms with van der Waals surface area (Å²) in [5.41, 5.74) is 0.838. The maximum atomic E-state index is 12.1. The second-order valence-electron chi connectivity index (χ2n) is 4.75. The fraction of sp³-hybridized carbons (Fsp3) is 0.538. The Morgan fingerprint density at radius 2 is 2.17 bits per heavy atom. The SMILES string of the molecule is CC(CN(C)C)NC(=O)c1cccnc1C(C)O. The molecular weight excluding hydrogens is 230 g/mol. The number of aromatic nitrogens is 1. The zero-order valence-electron chi connectivity index (χ0n) is 11.3. The molecule has 0 spiro atoms. The first-order valence-electron chi connectivity index (χ1n) is 6.00. The average molecular weight is 251 g/mol. The van der Waals surface area contributed by atoms with Gasteiger partial charge < -0.3 is 15.3 Å². The molecule has 18 heavy (non-hydrogen) atoms. The lowest BCUT2D eigenvalue weighted by molar-refractivity contribution is 0.0926. The minimum absolute atomic E-state index is 0.0366. The number of nitrogens with zero attached hydrogens (tertiary/aromatic N) is 2. The fourth-order valence-corrected chi connectivity index (χ4v) is 1.84. The summed E-state index contributed by atoms with van der Waals surface area (Å²) in [7, 11) is 3.90. The Balaban J connectivity index is 2.78. The number of pyridine rings is 1. The number of carbonyl (C=O) groups is 1. The van der Waals surface area contributed by atoms with Crippen molar-refractivity contribution < 1.29 is 9.90 Å². The van der Waals surface area contributed by atoms with Crippen molar-refractivity contribution in [2.75, 3.05) is 20.6 Å². The molecule has 0 bridgehead atoms. The summed E-state index contributed by atoms with van der Waals surface area (Å²) in [6, 6.07) is 3.40. The topological polar surface area (TPSA) is 65.5 Å². The molecule has 2 atom stereocenters. The van der Waals surface area contributed by atoms with Crippen molar-refractivity contribution in [1.29, 1.82) is 0 Å². The highest BCUT2D eigenvalue weighted by molar-refractivity contribution is 5.95. The van der Waals surface area contributed by atoms with Crippen LogP contribution in [0.25, 0.3) is 0 Å². The van der Waals surface area contributed by atoms with E-state index in [-0.39, 0.29) is 11.9 Å². The summed E-state index contributed by atoms with van der Waals surface area (Å²) < 4.78 is 0. The Bertz CT molecular complexity index is 405. The van der Waals surface area contributed by atoms with Gasteiger partial charge in [-0.25, -0.2) is 0 Å². The molecular formula is C13H21N3O2. The number of carbonyl (C=O) groups excluding carboxylic acids is 1. The van der Waals surface area contributed by atoms with Gasteiger partial charge in [0.15, 0.2) is 0 Å². The maximum absolute atomic E-state index is 12.1. The number of nitrogens with one attached hydrogen (secondary N) is 1. The number of hydrogen-bond donors (Lipinski definition) is 2. The Morgan fingerprint density at radius 3 is 2.72 bits per heavy atom. The van der Waals surface area contributed by atoms with Crippen LogP contribution < -0.4 is 5.32 Å². The first-order valence-corrected chi connectivity index (χ1v) is 6.00. The predicted octanol–water partition coefficient (Wildman–Crippen LogP) is 0.815. The third kappa shape index (κ3) is 4.09. The number of likely N-dealkylation sites (N-methyl/N-ethyl adjacent to an activating group) is 1. The first-order chi connectivity index (χ1) is 8.41. The van der Waals surface area contributed by atoms with E-state index < -0.39 is 6.10 Å². The molecule has 5 nitrogen and oxygen atoms in total. The molecule has 1 aromatic rings. The Kier molecular flexibility index (Phi) is 5.25. The molecule has 1 heterocycles. The van der Waals surface area contributed by atoms with Gasteiger partial charge in [0, 0.05) is 18.8 Å². The lowest BCUT2D eigenvalue weighted by Gasteiger charge is -2.19. The number of aliphatic hydroxyl groups is 1. The van der Waals surface area contributed by atoms with Gasteiger partial charge in [0.05, 0.1) is 17.4 Å². The van der Waals surface area contributed by atoms with Crippen molar-refractivity contribution in [3.8, 4) is 0 Å². The first kappa shape index (κ1) is 14.6. The van der Waals surface area contributed by atoms with Crippen LogP contribution in [0.5, 0.6) is 0 Å². The molecule has 0 fully saturated rings. The molecule has 0 saturated heterocycles. The van der Waals surface area contributed by atoms with Crippen LogP contribution in [0.4, 0.5) is 0 Å². The van der Waals surface area contributed by atoms with Crippen LogP contribution in [0.1, 0.15) is 36.0 Å². The van der Waals surface area contributed by atoms with Gasteiger partial charge in [-0.15, -0.1) is 0 Å². The van der Waals surface area contributed by atoms with Crippen LogP contribution in [0.2, 0.25) is 0 Å². The van der Waals surface area contributed by atoms with Crippen LogP contribution >= 0.6 is 0 Å². The smallest absolute Gasteiger partial charge is 0.253 e. The van der Waals surface area contributed by atoms with Crippen molar-refractivity contribution in [1.82, 2.24) is 15.2 Å². The third-order valence-corrected chi connectivity index (χ3v) is 2.50. The Hall–Kier alpha value is -1.46. The van der Waals surface area contributed by atoms with E-state index in [0.29, 0.717) is 11.3 Å². The van der Waals surface area contributed by atoms with E-state index in [0.717, 1.165) is 6.54 Å². The lowest BCUT2D eigenvalue weighted by atomic mass is 10.1. The van der Waals surface area contributed by atoms with Gasteiger partial charge in [-0.1, -0.05) is 0 Å². The normalized spacial score (nSPS) is 14.3. The molecule has 0 aliphatic heterocycles. The summed E-state index contributed by atoms with van der Waals surface area (Å²) in [5.74, 6) is -0.201. The fourth-order valence-electron chi connectivity index (χ4n) is 1.84. The number of rotatable bonds is 5. The van der Waals surface area contributed by atoms with Crippen molar-refractivity contribution in [2.24, 2.45) is 0 Å². The van der Waals surface area contributed by atoms with Crippen LogP contribution in [0.3, 0.4) is 0 Å². The Labute approximate surface area is 108 Å². The van der Waals surface area contributed by atoms with Crippen LogP contribution in [-0.4, -0.2) is 47.6 Å². The zero-order valence-corrected chi connectivity index (χ0v) is 11.3. The van der Waals surface area contributed by atoms with Gasteiger partial charge in [0.1, 0.15) is 0 Å². The summed E-state index contributed by atoms with van der Waals surface area (Å²) in [5, 5.41) is 12.5. The maximum Gasteiger partial charge on any atom is 0.253 e. The van der Waals surface area contributed by atoms with E-state index in [1.165, 1.54) is 0 Å². The standard InChI is InChI=1S/C13H21N3O2/c1-9(8-16(3)4)15-13(18)11-6-5-7-14-12(11)10(2)17/h5-7,9-10,17H,8H2,1-4H3,(H,15,18). The van der Waals surface area contributed by atoms with Gasteiger partial charge in [-0.3, -0.25) is 9.78 Å². The second-order valence-corrected chi connectivity index (χ2v) is 4.75. The summed E-state index contributed by atoms with van der Waals surface area (Å²) in [4.78, 5) is 18.1. The van der Waals surface area contributed by atoms with E-state index in [1.807, 2.05) is 25.9 Å². The highest BCUT2D eigenvalue weighted by Gasteiger charge is 2.17. The highest BCUT2D eigenvalue weighted by Crippen LogP contribution is 2.14. The molecule has 1 amide bonds. The molecule has 0 aromatic carbocycles. The summed E-state index contributed by atoms with van der Waals surface area (Å²) >= 11 is 0. The zero-order chi connectivity index (χ0) is 13.7. The van der Waals surface area contributed by atoms with E-state index in [2.05, 4.69) is 10.3 Å². The molecule has 2 unspecified atom stereocenters. The Morgan fingerprint density at radius 1 is 1.50 bits per heavy atom. The summed E-state index contributed by atoms with van der Waals surface area (Å²) in [6.07, 6.45) is 0.818. The van der Waals surface area contributed by atoms with E-state index in [4.69, 9.17) is 0 Å². The number of amides is 1. The van der Waals surface area contributed by atoms with E-state index in [1.54, 1.807) is 25.3 Å². The van der Waals surface area contributed by atoms with E-state index >= 15 is 0 Å². The molecule has 1 rings (SSSR count). The van der Waals surface area contributed by atoms with Crippen LogP contribution in [-0.2, 0) is 0 Å². The van der Waals surface area contributed by atoms with Crippen molar-refractivity contribution in [3.05, 3.63) is 29.6 Å². The molecule has 0 saturated carbocycles. The molecule has 2 N–H and O–H groups in total. The molecule has 5 heteroatoms. The largest absolute Gasteiger partial charge is 0.387 e. The van der Waals surface area contributed by atoms with Gasteiger partial charge in [0.2, 0.25) is 0 Å². The van der Waals surface area contributed by atoms with Crippen LogP contribution in [0.15, 0.2) is 18.3 Å². The second kappa shape index (κ2) is 6.47. The minimum Gasteiger partial charge on any atom is -0.387 e. The average Bonchev–Trinajstić information content (AvgIpc) is 2.27. The van der Waals surface area contributed by atoms with Gasteiger partial charge in [-0.2, -0.15) is 0 Å². The number of aliphatic hydroxyl groups excluding tert-OH is 1. The van der Waals surface area contributed by atoms with Gasteiger partial charge in [0.25, 0.3) is 5.91 Å². The van der Waals surface area contributed by atoms with Crippen molar-refractivity contribution in [3.63, 3.8) is 0 Å². The summed E-state index contributed by atoms with van der Waals surface area (Å²) in [6.45, 7) is 4.30. The van der Waals surface area contributed by atoms with Crippen molar-refractivity contribution in [2.45, 2.75) is 26.0 Å². The lowest BCUT2D eigenvalue weighted by Crippen LogP contribution is -2.40. The third-order valence-electron chi connectivity index (χ3n) is 2.50. The molecule has 1 aromatic heterocycles. The van der Waals surface area contributed by atoms with Crippen LogP contribution in [0, 0.1) is 0 Å². The van der Waals surface area contributed by atoms with Gasteiger partial charge in [-0.05, 0) is 40.1 Å². The molecule has 0 aliphatic carbocycles. The highest BCUT2D eigenvalue weighted by atomic mass is 16.3. The molecule has 0 radical (unpaired) electrons. The quantitative estimate of drug-likeness (QED) is 0.813. The van der Waals surface area contributed by atoms with Crippen molar-refractivity contribution >= 4 is 5.91 Å². The van der Waals surface area contributed by atoms with E-state index in [9.17, 15) is 9.90 Å². The monoisotopic (exact) mass is 251 g/mol. The molecule has 0 aliphatic rings. The predicted molar refractivity (Wildman–Crippen MR) is 70.4 cm³/mol.